The summed E-state index contributed by atoms with van der Waals surface area (Å²) in [5, 5.41) is 0. The van der Waals surface area contributed by atoms with E-state index in [1.165, 1.54) is 29.5 Å². The zero-order valence-corrected chi connectivity index (χ0v) is 13.9. The first kappa shape index (κ1) is 14.9. The van der Waals surface area contributed by atoms with Gasteiger partial charge in [-0.15, -0.1) is 0 Å². The minimum absolute atomic E-state index is 0.219. The van der Waals surface area contributed by atoms with E-state index in [0.717, 1.165) is 23.1 Å². The number of rotatable bonds is 3. The highest BCUT2D eigenvalue weighted by Gasteiger charge is 2.36. The Kier molecular flexibility index (Phi) is 4.26. The molecule has 1 saturated carbocycles. The van der Waals surface area contributed by atoms with Crippen LogP contribution in [0.1, 0.15) is 62.1 Å². The third-order valence-corrected chi connectivity index (χ3v) is 5.15. The third kappa shape index (κ3) is 2.55. The van der Waals surface area contributed by atoms with E-state index in [9.17, 15) is 0 Å². The normalized spacial score (nSPS) is 18.1. The molecule has 1 aliphatic carbocycles. The second-order valence-corrected chi connectivity index (χ2v) is 6.85. The summed E-state index contributed by atoms with van der Waals surface area (Å²) in [6, 6.07) is 2.18. The van der Waals surface area contributed by atoms with Crippen LogP contribution in [0.3, 0.4) is 0 Å². The maximum atomic E-state index is 6.69. The minimum atomic E-state index is -0.219. The van der Waals surface area contributed by atoms with Crippen LogP contribution in [0.4, 0.5) is 0 Å². The molecule has 0 saturated heterocycles. The smallest absolute Gasteiger partial charge is 0.127 e. The summed E-state index contributed by atoms with van der Waals surface area (Å²) in [6.45, 7) is 6.53. The standard InChI is InChI=1S/C16H24BrNO/c1-10(2)12-9-13(17)11(3)14(15(12)19-4)16(18)7-5-6-8-16/h9-10H,5-8,18H2,1-4H3. The Balaban J connectivity index is 2.69. The zero-order chi connectivity index (χ0) is 14.2. The molecule has 0 radical (unpaired) electrons. The van der Waals surface area contributed by atoms with Gasteiger partial charge >= 0.3 is 0 Å². The second-order valence-electron chi connectivity index (χ2n) is 6.00. The van der Waals surface area contributed by atoms with Crippen molar-refractivity contribution in [2.45, 2.75) is 57.9 Å². The van der Waals surface area contributed by atoms with Crippen molar-refractivity contribution < 1.29 is 4.74 Å². The predicted molar refractivity (Wildman–Crippen MR) is 83.9 cm³/mol. The summed E-state index contributed by atoms with van der Waals surface area (Å²) in [7, 11) is 1.76. The van der Waals surface area contributed by atoms with Gasteiger partial charge in [-0.1, -0.05) is 42.6 Å². The summed E-state index contributed by atoms with van der Waals surface area (Å²) < 4.78 is 6.89. The van der Waals surface area contributed by atoms with Crippen LogP contribution < -0.4 is 10.5 Å². The molecule has 0 atom stereocenters. The van der Waals surface area contributed by atoms with E-state index >= 15 is 0 Å². The van der Waals surface area contributed by atoms with Gasteiger partial charge in [0.2, 0.25) is 0 Å². The summed E-state index contributed by atoms with van der Waals surface area (Å²) >= 11 is 3.69. The zero-order valence-electron chi connectivity index (χ0n) is 12.3. The highest BCUT2D eigenvalue weighted by Crippen LogP contribution is 2.46. The van der Waals surface area contributed by atoms with Gasteiger partial charge in [0.1, 0.15) is 5.75 Å². The highest BCUT2D eigenvalue weighted by atomic mass is 79.9. The van der Waals surface area contributed by atoms with E-state index < -0.39 is 0 Å². The molecule has 0 unspecified atom stereocenters. The van der Waals surface area contributed by atoms with Crippen molar-refractivity contribution in [1.29, 1.82) is 0 Å². The molecule has 1 aromatic carbocycles. The molecular weight excluding hydrogens is 302 g/mol. The molecule has 0 heterocycles. The minimum Gasteiger partial charge on any atom is -0.496 e. The van der Waals surface area contributed by atoms with Crippen molar-refractivity contribution in [3.05, 3.63) is 27.2 Å². The molecule has 2 nitrogen and oxygen atoms in total. The van der Waals surface area contributed by atoms with Crippen molar-refractivity contribution >= 4 is 15.9 Å². The average Bonchev–Trinajstić information content (AvgIpc) is 2.79. The van der Waals surface area contributed by atoms with Crippen molar-refractivity contribution in [1.82, 2.24) is 0 Å². The predicted octanol–water partition coefficient (Wildman–Crippen LogP) is 4.62. The number of methoxy groups -OCH3 is 1. The molecule has 0 bridgehead atoms. The van der Waals surface area contributed by atoms with E-state index in [1.54, 1.807) is 7.11 Å². The molecule has 2 rings (SSSR count). The summed E-state index contributed by atoms with van der Waals surface area (Å²) in [6.07, 6.45) is 4.53. The Bertz CT molecular complexity index is 476. The monoisotopic (exact) mass is 325 g/mol. The highest BCUT2D eigenvalue weighted by molar-refractivity contribution is 9.10. The van der Waals surface area contributed by atoms with Crippen LogP contribution >= 0.6 is 15.9 Å². The number of halogens is 1. The van der Waals surface area contributed by atoms with E-state index in [4.69, 9.17) is 10.5 Å². The van der Waals surface area contributed by atoms with Crippen LogP contribution in [0.5, 0.6) is 5.75 Å². The van der Waals surface area contributed by atoms with Gasteiger partial charge in [-0.25, -0.2) is 0 Å². The summed E-state index contributed by atoms with van der Waals surface area (Å²) in [5.41, 5.74) is 10.2. The quantitative estimate of drug-likeness (QED) is 0.880. The van der Waals surface area contributed by atoms with E-state index in [2.05, 4.69) is 42.8 Å². The maximum Gasteiger partial charge on any atom is 0.127 e. The fourth-order valence-electron chi connectivity index (χ4n) is 3.25. The van der Waals surface area contributed by atoms with Gasteiger partial charge in [0.05, 0.1) is 7.11 Å². The molecule has 1 fully saturated rings. The van der Waals surface area contributed by atoms with Crippen molar-refractivity contribution in [3.63, 3.8) is 0 Å². The molecule has 0 amide bonds. The van der Waals surface area contributed by atoms with Gasteiger partial charge in [0.15, 0.2) is 0 Å². The lowest BCUT2D eigenvalue weighted by atomic mass is 9.82. The van der Waals surface area contributed by atoms with Crippen molar-refractivity contribution in [2.75, 3.05) is 7.11 Å². The summed E-state index contributed by atoms with van der Waals surface area (Å²) in [4.78, 5) is 0. The fourth-order valence-corrected chi connectivity index (χ4v) is 3.69. The van der Waals surface area contributed by atoms with E-state index in [-0.39, 0.29) is 5.54 Å². The summed E-state index contributed by atoms with van der Waals surface area (Å²) in [5.74, 6) is 1.43. The van der Waals surface area contributed by atoms with Crippen molar-refractivity contribution in [2.24, 2.45) is 5.73 Å². The Morgan fingerprint density at radius 3 is 2.37 bits per heavy atom. The molecule has 0 aromatic heterocycles. The molecule has 2 N–H and O–H groups in total. The van der Waals surface area contributed by atoms with E-state index in [1.807, 2.05) is 0 Å². The number of hydrogen-bond donors (Lipinski definition) is 1. The molecule has 0 aliphatic heterocycles. The molecule has 106 valence electrons. The van der Waals surface area contributed by atoms with Crippen LogP contribution in [0.15, 0.2) is 10.5 Å². The maximum absolute atomic E-state index is 6.69. The van der Waals surface area contributed by atoms with Gasteiger partial charge in [-0.2, -0.15) is 0 Å². The third-order valence-electron chi connectivity index (χ3n) is 4.32. The molecule has 1 aliphatic rings. The SMILES string of the molecule is COc1c(C(C)C)cc(Br)c(C)c1C1(N)CCCC1. The lowest BCUT2D eigenvalue weighted by molar-refractivity contribution is 0.372. The average molecular weight is 326 g/mol. The fraction of sp³-hybridized carbons (Fsp3) is 0.625. The van der Waals surface area contributed by atoms with Crippen LogP contribution in [-0.4, -0.2) is 7.11 Å². The molecule has 3 heteroatoms. The van der Waals surface area contributed by atoms with Gasteiger partial charge < -0.3 is 10.5 Å². The molecule has 1 aromatic rings. The van der Waals surface area contributed by atoms with Crippen LogP contribution in [0.2, 0.25) is 0 Å². The molecule has 0 spiro atoms. The lowest BCUT2D eigenvalue weighted by Gasteiger charge is -2.31. The van der Waals surface area contributed by atoms with Gasteiger partial charge in [-0.05, 0) is 42.9 Å². The topological polar surface area (TPSA) is 35.2 Å². The molecular formula is C16H24BrNO. The van der Waals surface area contributed by atoms with Gasteiger partial charge in [-0.3, -0.25) is 0 Å². The largest absolute Gasteiger partial charge is 0.496 e. The Morgan fingerprint density at radius 1 is 1.32 bits per heavy atom. The molecule has 19 heavy (non-hydrogen) atoms. The second kappa shape index (κ2) is 5.45. The first-order chi connectivity index (χ1) is 8.90. The lowest BCUT2D eigenvalue weighted by Crippen LogP contribution is -2.35. The Labute approximate surface area is 124 Å². The number of nitrogens with two attached hydrogens (primary N) is 1. The van der Waals surface area contributed by atoms with Gasteiger partial charge in [0.25, 0.3) is 0 Å². The first-order valence-electron chi connectivity index (χ1n) is 7.07. The number of benzene rings is 1. The van der Waals surface area contributed by atoms with E-state index in [0.29, 0.717) is 5.92 Å². The van der Waals surface area contributed by atoms with Crippen LogP contribution in [-0.2, 0) is 5.54 Å². The number of ether oxygens (including phenoxy) is 1. The van der Waals surface area contributed by atoms with Crippen molar-refractivity contribution in [3.8, 4) is 5.75 Å². The Hall–Kier alpha value is -0.540. The van der Waals surface area contributed by atoms with Gasteiger partial charge in [0, 0.05) is 15.6 Å². The van der Waals surface area contributed by atoms with Crippen LogP contribution in [0, 0.1) is 6.92 Å². The Morgan fingerprint density at radius 2 is 1.89 bits per heavy atom. The number of hydrogen-bond acceptors (Lipinski definition) is 2. The van der Waals surface area contributed by atoms with Crippen LogP contribution in [0.25, 0.3) is 0 Å². The first-order valence-corrected chi connectivity index (χ1v) is 7.86.